The fraction of sp³-hybridized carbons (Fsp3) is 0.389. The number of morpholine rings is 1. The van der Waals surface area contributed by atoms with Crippen molar-refractivity contribution in [1.29, 1.82) is 0 Å². The number of hydrogen-bond acceptors (Lipinski definition) is 5. The standard InChI is InChI=1S/C18H17F6N5O2/c19-17(20,21)11-7-12(18(22,23)24)9-13(8-11)27-16(30)26-10-14-25-2-1-15(28-14)29-3-5-31-6-4-29/h1-2,7-9H,3-6,10H2,(H2,26,27,30). The summed E-state index contributed by atoms with van der Waals surface area (Å²) in [4.78, 5) is 22.3. The molecule has 2 aromatic rings. The summed E-state index contributed by atoms with van der Waals surface area (Å²) < 4.78 is 82.7. The lowest BCUT2D eigenvalue weighted by molar-refractivity contribution is -0.143. The molecule has 1 aromatic carbocycles. The van der Waals surface area contributed by atoms with Gasteiger partial charge in [0.2, 0.25) is 0 Å². The Morgan fingerprint density at radius 2 is 1.65 bits per heavy atom. The Hall–Kier alpha value is -3.09. The van der Waals surface area contributed by atoms with Crippen LogP contribution in [0.4, 0.5) is 42.6 Å². The molecule has 1 aliphatic heterocycles. The van der Waals surface area contributed by atoms with Gasteiger partial charge in [-0.1, -0.05) is 0 Å². The van der Waals surface area contributed by atoms with Crippen molar-refractivity contribution in [1.82, 2.24) is 15.3 Å². The quantitative estimate of drug-likeness (QED) is 0.697. The first-order chi connectivity index (χ1) is 14.5. The van der Waals surface area contributed by atoms with E-state index in [-0.39, 0.29) is 18.4 Å². The Kier molecular flexibility index (Phi) is 6.53. The van der Waals surface area contributed by atoms with Crippen molar-refractivity contribution >= 4 is 17.5 Å². The van der Waals surface area contributed by atoms with Crippen molar-refractivity contribution in [2.24, 2.45) is 0 Å². The van der Waals surface area contributed by atoms with Gasteiger partial charge in [-0.2, -0.15) is 26.3 Å². The van der Waals surface area contributed by atoms with E-state index in [9.17, 15) is 31.1 Å². The third-order valence-electron chi connectivity index (χ3n) is 4.28. The smallest absolute Gasteiger partial charge is 0.378 e. The summed E-state index contributed by atoms with van der Waals surface area (Å²) in [6, 6.07) is 1.49. The molecule has 1 saturated heterocycles. The molecule has 2 amide bonds. The van der Waals surface area contributed by atoms with Crippen LogP contribution >= 0.6 is 0 Å². The van der Waals surface area contributed by atoms with Gasteiger partial charge in [-0.25, -0.2) is 14.8 Å². The van der Waals surface area contributed by atoms with E-state index >= 15 is 0 Å². The second-order valence-electron chi connectivity index (χ2n) is 6.53. The van der Waals surface area contributed by atoms with E-state index < -0.39 is 35.2 Å². The largest absolute Gasteiger partial charge is 0.416 e. The maximum atomic E-state index is 12.9. The van der Waals surface area contributed by atoms with Crippen LogP contribution < -0.4 is 15.5 Å². The average molecular weight is 449 g/mol. The fourth-order valence-corrected chi connectivity index (χ4v) is 2.80. The number of nitrogens with zero attached hydrogens (tertiary/aromatic N) is 3. The Balaban J connectivity index is 1.67. The zero-order valence-corrected chi connectivity index (χ0v) is 15.8. The van der Waals surface area contributed by atoms with Gasteiger partial charge >= 0.3 is 18.4 Å². The zero-order valence-electron chi connectivity index (χ0n) is 15.8. The van der Waals surface area contributed by atoms with Gasteiger partial charge < -0.3 is 20.3 Å². The normalized spacial score (nSPS) is 15.0. The van der Waals surface area contributed by atoms with E-state index in [1.54, 1.807) is 6.07 Å². The van der Waals surface area contributed by atoms with Gasteiger partial charge in [0.15, 0.2) is 0 Å². The number of anilines is 2. The van der Waals surface area contributed by atoms with E-state index in [1.165, 1.54) is 6.20 Å². The van der Waals surface area contributed by atoms with Crippen LogP contribution in [0.15, 0.2) is 30.5 Å². The highest BCUT2D eigenvalue weighted by molar-refractivity contribution is 5.89. The van der Waals surface area contributed by atoms with Crippen molar-refractivity contribution < 1.29 is 35.9 Å². The lowest BCUT2D eigenvalue weighted by Crippen LogP contribution is -2.37. The minimum absolute atomic E-state index is 0.0198. The number of amides is 2. The van der Waals surface area contributed by atoms with Crippen molar-refractivity contribution in [3.05, 3.63) is 47.4 Å². The molecule has 0 bridgehead atoms. The third kappa shape index (κ3) is 6.20. The van der Waals surface area contributed by atoms with Gasteiger partial charge in [-0.05, 0) is 24.3 Å². The zero-order chi connectivity index (χ0) is 22.6. The van der Waals surface area contributed by atoms with Gasteiger partial charge in [-0.15, -0.1) is 0 Å². The number of carbonyl (C=O) groups is 1. The Morgan fingerprint density at radius 3 is 2.23 bits per heavy atom. The van der Waals surface area contributed by atoms with E-state index in [1.807, 2.05) is 10.2 Å². The molecule has 7 nitrogen and oxygen atoms in total. The molecule has 0 unspecified atom stereocenters. The molecule has 1 fully saturated rings. The van der Waals surface area contributed by atoms with Crippen LogP contribution in [0.3, 0.4) is 0 Å². The molecular weight excluding hydrogens is 432 g/mol. The molecule has 31 heavy (non-hydrogen) atoms. The van der Waals surface area contributed by atoms with Crippen molar-refractivity contribution in [2.45, 2.75) is 18.9 Å². The van der Waals surface area contributed by atoms with Crippen LogP contribution in [0.25, 0.3) is 0 Å². The molecule has 1 aromatic heterocycles. The van der Waals surface area contributed by atoms with Gasteiger partial charge in [0.25, 0.3) is 0 Å². The van der Waals surface area contributed by atoms with Crippen molar-refractivity contribution in [3.63, 3.8) is 0 Å². The summed E-state index contributed by atoms with van der Waals surface area (Å²) >= 11 is 0. The van der Waals surface area contributed by atoms with Crippen molar-refractivity contribution in [2.75, 3.05) is 36.5 Å². The first-order valence-electron chi connectivity index (χ1n) is 9.01. The number of alkyl halides is 6. The number of rotatable bonds is 4. The maximum Gasteiger partial charge on any atom is 0.416 e. The number of halogens is 6. The van der Waals surface area contributed by atoms with E-state index in [0.717, 1.165) is 0 Å². The first-order valence-corrected chi connectivity index (χ1v) is 9.01. The predicted molar refractivity (Wildman–Crippen MR) is 97.4 cm³/mol. The second-order valence-corrected chi connectivity index (χ2v) is 6.53. The lowest BCUT2D eigenvalue weighted by atomic mass is 10.1. The predicted octanol–water partition coefficient (Wildman–Crippen LogP) is 3.67. The molecule has 0 spiro atoms. The van der Waals surface area contributed by atoms with Gasteiger partial charge in [0, 0.05) is 25.0 Å². The number of carbonyl (C=O) groups excluding carboxylic acids is 1. The number of hydrogen-bond donors (Lipinski definition) is 2. The molecule has 2 N–H and O–H groups in total. The highest BCUT2D eigenvalue weighted by Gasteiger charge is 2.37. The summed E-state index contributed by atoms with van der Waals surface area (Å²) in [6.45, 7) is 2.14. The Bertz CT molecular complexity index is 896. The summed E-state index contributed by atoms with van der Waals surface area (Å²) in [5, 5.41) is 4.30. The summed E-state index contributed by atoms with van der Waals surface area (Å²) in [5.74, 6) is 0.836. The van der Waals surface area contributed by atoms with Crippen LogP contribution in [0.2, 0.25) is 0 Å². The fourth-order valence-electron chi connectivity index (χ4n) is 2.80. The molecular formula is C18H17F6N5O2. The first kappa shape index (κ1) is 22.6. The number of aromatic nitrogens is 2. The van der Waals surface area contributed by atoms with E-state index in [0.29, 0.717) is 44.3 Å². The van der Waals surface area contributed by atoms with Crippen molar-refractivity contribution in [3.8, 4) is 0 Å². The summed E-state index contributed by atoms with van der Waals surface area (Å²) in [6.07, 6.45) is -8.54. The number of nitrogens with one attached hydrogen (secondary N) is 2. The monoisotopic (exact) mass is 449 g/mol. The molecule has 0 saturated carbocycles. The maximum absolute atomic E-state index is 12.9. The molecule has 168 valence electrons. The van der Waals surface area contributed by atoms with Crippen LogP contribution in [0.5, 0.6) is 0 Å². The molecule has 13 heteroatoms. The molecule has 0 aliphatic carbocycles. The van der Waals surface area contributed by atoms with E-state index in [2.05, 4.69) is 15.3 Å². The number of urea groups is 1. The summed E-state index contributed by atoms with van der Waals surface area (Å²) in [5.41, 5.74) is -3.71. The number of ether oxygens (including phenoxy) is 1. The summed E-state index contributed by atoms with van der Waals surface area (Å²) in [7, 11) is 0. The molecule has 3 rings (SSSR count). The molecule has 2 heterocycles. The Morgan fingerprint density at radius 1 is 1.03 bits per heavy atom. The lowest BCUT2D eigenvalue weighted by Gasteiger charge is -2.27. The topological polar surface area (TPSA) is 79.4 Å². The minimum Gasteiger partial charge on any atom is -0.378 e. The van der Waals surface area contributed by atoms with Gasteiger partial charge in [0.05, 0.1) is 30.9 Å². The van der Waals surface area contributed by atoms with Crippen LogP contribution in [0.1, 0.15) is 17.0 Å². The SMILES string of the molecule is O=C(NCc1nccc(N2CCOCC2)n1)Nc1cc(C(F)(F)F)cc(C(F)(F)F)c1. The van der Waals surface area contributed by atoms with Crippen LogP contribution in [-0.4, -0.2) is 42.3 Å². The van der Waals surface area contributed by atoms with Gasteiger partial charge in [-0.3, -0.25) is 0 Å². The molecule has 0 atom stereocenters. The molecule has 0 radical (unpaired) electrons. The highest BCUT2D eigenvalue weighted by Crippen LogP contribution is 2.37. The second kappa shape index (κ2) is 8.96. The highest BCUT2D eigenvalue weighted by atomic mass is 19.4. The van der Waals surface area contributed by atoms with Crippen LogP contribution in [0, 0.1) is 0 Å². The molecule has 1 aliphatic rings. The number of benzene rings is 1. The van der Waals surface area contributed by atoms with E-state index in [4.69, 9.17) is 4.74 Å². The minimum atomic E-state index is -5.01. The average Bonchev–Trinajstić information content (AvgIpc) is 2.72. The van der Waals surface area contributed by atoms with Crippen LogP contribution in [-0.2, 0) is 23.6 Å². The third-order valence-corrected chi connectivity index (χ3v) is 4.28. The Labute approximate surface area is 172 Å². The van der Waals surface area contributed by atoms with Gasteiger partial charge in [0.1, 0.15) is 11.6 Å².